The number of nitrogens with zero attached hydrogens (tertiary/aromatic N) is 4. The standard InChI is InChI=1S/C28H24N6/c1-17-23(21-9-8-19-5-3-6-20(19)13-21)15-30-16-26(17)31-18(2)27-28-25(33-34-27)11-10-24(32-28)22-7-4-12-29-14-22/h4,7-16,31H,2-3,5-6H2,1H3,(H,33,34). The van der Waals surface area contributed by atoms with Crippen molar-refractivity contribution in [3.8, 4) is 22.4 Å². The van der Waals surface area contributed by atoms with Crippen LogP contribution in [0.1, 0.15) is 28.8 Å². The first-order valence-corrected chi connectivity index (χ1v) is 11.5. The van der Waals surface area contributed by atoms with E-state index in [4.69, 9.17) is 4.98 Å². The Morgan fingerprint density at radius 3 is 2.76 bits per heavy atom. The van der Waals surface area contributed by atoms with Crippen LogP contribution in [0.4, 0.5) is 5.69 Å². The maximum Gasteiger partial charge on any atom is 0.134 e. The SMILES string of the molecule is C=C(Nc1cncc(-c2ccc3c(c2)CCC3)c1C)c1n[nH]c2ccc(-c3cccnc3)nc12. The quantitative estimate of drug-likeness (QED) is 0.350. The van der Waals surface area contributed by atoms with Gasteiger partial charge in [0, 0.05) is 29.7 Å². The van der Waals surface area contributed by atoms with Crippen molar-refractivity contribution in [2.45, 2.75) is 26.2 Å². The lowest BCUT2D eigenvalue weighted by Crippen LogP contribution is -2.02. The fourth-order valence-corrected chi connectivity index (χ4v) is 4.69. The van der Waals surface area contributed by atoms with Gasteiger partial charge in [0.2, 0.25) is 0 Å². The largest absolute Gasteiger partial charge is 0.353 e. The maximum absolute atomic E-state index is 4.84. The third-order valence-corrected chi connectivity index (χ3v) is 6.56. The zero-order valence-electron chi connectivity index (χ0n) is 19.0. The normalized spacial score (nSPS) is 12.6. The number of aromatic nitrogens is 5. The molecule has 0 radical (unpaired) electrons. The van der Waals surface area contributed by atoms with E-state index in [1.165, 1.54) is 29.5 Å². The average molecular weight is 445 g/mol. The second-order valence-corrected chi connectivity index (χ2v) is 8.71. The number of H-pyrrole nitrogens is 1. The van der Waals surface area contributed by atoms with E-state index in [0.29, 0.717) is 11.4 Å². The monoisotopic (exact) mass is 444 g/mol. The molecule has 0 atom stereocenters. The second-order valence-electron chi connectivity index (χ2n) is 8.71. The van der Waals surface area contributed by atoms with Gasteiger partial charge in [0.25, 0.3) is 0 Å². The van der Waals surface area contributed by atoms with Crippen LogP contribution in [0.25, 0.3) is 39.1 Å². The fourth-order valence-electron chi connectivity index (χ4n) is 4.69. The first kappa shape index (κ1) is 20.3. The molecular formula is C28H24N6. The lowest BCUT2D eigenvalue weighted by atomic mass is 9.98. The Balaban J connectivity index is 1.32. The molecule has 6 heteroatoms. The number of benzene rings is 1. The first-order valence-electron chi connectivity index (χ1n) is 11.5. The Hall–Kier alpha value is -4.32. The van der Waals surface area contributed by atoms with Crippen molar-refractivity contribution in [2.75, 3.05) is 5.32 Å². The van der Waals surface area contributed by atoms with Crippen molar-refractivity contribution in [2.24, 2.45) is 0 Å². The molecule has 166 valence electrons. The lowest BCUT2D eigenvalue weighted by molar-refractivity contribution is 0.912. The molecule has 1 aliphatic carbocycles. The van der Waals surface area contributed by atoms with E-state index in [1.807, 2.05) is 36.7 Å². The molecule has 0 fully saturated rings. The highest BCUT2D eigenvalue weighted by Gasteiger charge is 2.16. The van der Waals surface area contributed by atoms with Gasteiger partial charge in [-0.3, -0.25) is 15.1 Å². The Morgan fingerprint density at radius 1 is 0.971 bits per heavy atom. The second kappa shape index (κ2) is 8.23. The molecule has 6 rings (SSSR count). The predicted molar refractivity (Wildman–Crippen MR) is 136 cm³/mol. The van der Waals surface area contributed by atoms with E-state index in [0.717, 1.165) is 45.5 Å². The summed E-state index contributed by atoms with van der Waals surface area (Å²) < 4.78 is 0. The minimum absolute atomic E-state index is 0.665. The number of hydrogen-bond donors (Lipinski definition) is 2. The summed E-state index contributed by atoms with van der Waals surface area (Å²) in [6.45, 7) is 6.37. The summed E-state index contributed by atoms with van der Waals surface area (Å²) in [4.78, 5) is 13.6. The summed E-state index contributed by atoms with van der Waals surface area (Å²) in [5.41, 5.74) is 12.0. The van der Waals surface area contributed by atoms with Crippen molar-refractivity contribution in [3.05, 3.63) is 96.2 Å². The number of hydrogen-bond acceptors (Lipinski definition) is 5. The molecule has 1 aromatic carbocycles. The van der Waals surface area contributed by atoms with Gasteiger partial charge in [0.05, 0.1) is 28.8 Å². The molecule has 0 bridgehead atoms. The molecule has 0 saturated heterocycles. The fraction of sp³-hybridized carbons (Fsp3) is 0.143. The van der Waals surface area contributed by atoms with Gasteiger partial charge >= 0.3 is 0 Å². The van der Waals surface area contributed by atoms with Crippen LogP contribution < -0.4 is 5.32 Å². The highest BCUT2D eigenvalue weighted by Crippen LogP contribution is 2.33. The van der Waals surface area contributed by atoms with E-state index in [-0.39, 0.29) is 0 Å². The molecule has 0 aliphatic heterocycles. The summed E-state index contributed by atoms with van der Waals surface area (Å²) in [7, 11) is 0. The first-order chi connectivity index (χ1) is 16.7. The van der Waals surface area contributed by atoms with Crippen LogP contribution in [0.5, 0.6) is 0 Å². The van der Waals surface area contributed by atoms with E-state index < -0.39 is 0 Å². The maximum atomic E-state index is 4.84. The average Bonchev–Trinajstić information content (AvgIpc) is 3.52. The van der Waals surface area contributed by atoms with Crippen LogP contribution in [-0.4, -0.2) is 25.1 Å². The summed E-state index contributed by atoms with van der Waals surface area (Å²) in [6, 6.07) is 14.6. The summed E-state index contributed by atoms with van der Waals surface area (Å²) in [6.07, 6.45) is 10.9. The van der Waals surface area contributed by atoms with Crippen LogP contribution in [-0.2, 0) is 12.8 Å². The van der Waals surface area contributed by atoms with Gasteiger partial charge in [0.15, 0.2) is 0 Å². The lowest BCUT2D eigenvalue weighted by Gasteiger charge is -2.14. The number of anilines is 1. The van der Waals surface area contributed by atoms with E-state index in [1.54, 1.807) is 12.4 Å². The summed E-state index contributed by atoms with van der Waals surface area (Å²) in [5.74, 6) is 0. The molecule has 0 unspecified atom stereocenters. The molecule has 0 amide bonds. The minimum atomic E-state index is 0.665. The van der Waals surface area contributed by atoms with Gasteiger partial charge in [-0.25, -0.2) is 4.98 Å². The number of aromatic amines is 1. The predicted octanol–water partition coefficient (Wildman–Crippen LogP) is 5.96. The third-order valence-electron chi connectivity index (χ3n) is 6.56. The van der Waals surface area contributed by atoms with E-state index in [9.17, 15) is 0 Å². The Kier molecular flexibility index (Phi) is 4.91. The summed E-state index contributed by atoms with van der Waals surface area (Å²) in [5, 5.41) is 11.0. The molecule has 4 aromatic heterocycles. The van der Waals surface area contributed by atoms with Crippen LogP contribution in [0, 0.1) is 6.92 Å². The van der Waals surface area contributed by atoms with Crippen molar-refractivity contribution in [3.63, 3.8) is 0 Å². The Bertz CT molecular complexity index is 1530. The van der Waals surface area contributed by atoms with Gasteiger partial charge < -0.3 is 5.32 Å². The highest BCUT2D eigenvalue weighted by atomic mass is 15.1. The number of aryl methyl sites for hydroxylation is 2. The zero-order valence-corrected chi connectivity index (χ0v) is 19.0. The van der Waals surface area contributed by atoms with Crippen LogP contribution in [0.3, 0.4) is 0 Å². The van der Waals surface area contributed by atoms with Crippen molar-refractivity contribution in [1.82, 2.24) is 25.1 Å². The molecular weight excluding hydrogens is 420 g/mol. The number of nitrogens with one attached hydrogen (secondary N) is 2. The van der Waals surface area contributed by atoms with Gasteiger partial charge in [0.1, 0.15) is 11.2 Å². The molecule has 2 N–H and O–H groups in total. The van der Waals surface area contributed by atoms with Gasteiger partial charge in [-0.2, -0.15) is 5.10 Å². The Labute approximate surface area is 197 Å². The highest BCUT2D eigenvalue weighted by molar-refractivity contribution is 5.91. The van der Waals surface area contributed by atoms with Crippen molar-refractivity contribution < 1.29 is 0 Å². The molecule has 6 nitrogen and oxygen atoms in total. The van der Waals surface area contributed by atoms with Crippen molar-refractivity contribution >= 4 is 22.4 Å². The van der Waals surface area contributed by atoms with Crippen molar-refractivity contribution in [1.29, 1.82) is 0 Å². The summed E-state index contributed by atoms with van der Waals surface area (Å²) >= 11 is 0. The molecule has 34 heavy (non-hydrogen) atoms. The van der Waals surface area contributed by atoms with Gasteiger partial charge in [-0.15, -0.1) is 0 Å². The minimum Gasteiger partial charge on any atom is -0.353 e. The van der Waals surface area contributed by atoms with Crippen LogP contribution >= 0.6 is 0 Å². The zero-order chi connectivity index (χ0) is 23.1. The molecule has 0 spiro atoms. The molecule has 5 aromatic rings. The third kappa shape index (κ3) is 3.53. The molecule has 4 heterocycles. The molecule has 0 saturated carbocycles. The number of rotatable bonds is 5. The smallest absolute Gasteiger partial charge is 0.134 e. The number of fused-ring (bicyclic) bond motifs is 2. The van der Waals surface area contributed by atoms with E-state index >= 15 is 0 Å². The Morgan fingerprint density at radius 2 is 1.88 bits per heavy atom. The van der Waals surface area contributed by atoms with Crippen LogP contribution in [0.2, 0.25) is 0 Å². The molecule has 1 aliphatic rings. The van der Waals surface area contributed by atoms with Crippen LogP contribution in [0.15, 0.2) is 73.8 Å². The van der Waals surface area contributed by atoms with E-state index in [2.05, 4.69) is 57.2 Å². The topological polar surface area (TPSA) is 79.4 Å². The van der Waals surface area contributed by atoms with Gasteiger partial charge in [-0.1, -0.05) is 24.8 Å². The van der Waals surface area contributed by atoms with Gasteiger partial charge in [-0.05, 0) is 72.7 Å². The number of pyridine rings is 3.